The number of nitrogens with one attached hydrogen (secondary N) is 1. The summed E-state index contributed by atoms with van der Waals surface area (Å²) in [5, 5.41) is 3.04. The third kappa shape index (κ3) is 2.68. The largest absolute Gasteiger partial charge is 0.372 e. The summed E-state index contributed by atoms with van der Waals surface area (Å²) in [6, 6.07) is 0. The van der Waals surface area contributed by atoms with Crippen molar-refractivity contribution in [2.45, 2.75) is 18.8 Å². The Labute approximate surface area is 118 Å². The molecule has 1 N–H and O–H groups in total. The van der Waals surface area contributed by atoms with Gasteiger partial charge in [-0.15, -0.1) is 0 Å². The van der Waals surface area contributed by atoms with Crippen LogP contribution in [0.25, 0.3) is 0 Å². The van der Waals surface area contributed by atoms with E-state index in [1.54, 1.807) is 18.6 Å². The number of anilines is 2. The fourth-order valence-corrected chi connectivity index (χ4v) is 2.58. The average molecular weight is 270 g/mol. The van der Waals surface area contributed by atoms with Crippen LogP contribution in [-0.2, 0) is 0 Å². The molecule has 0 bridgehead atoms. The monoisotopic (exact) mass is 270 g/mol. The van der Waals surface area contributed by atoms with E-state index in [-0.39, 0.29) is 0 Å². The van der Waals surface area contributed by atoms with Crippen molar-refractivity contribution in [2.75, 3.05) is 30.4 Å². The van der Waals surface area contributed by atoms with Crippen molar-refractivity contribution in [1.29, 1.82) is 0 Å². The summed E-state index contributed by atoms with van der Waals surface area (Å²) in [5.41, 5.74) is 1.05. The zero-order valence-corrected chi connectivity index (χ0v) is 11.5. The first kappa shape index (κ1) is 12.8. The van der Waals surface area contributed by atoms with E-state index < -0.39 is 0 Å². The van der Waals surface area contributed by atoms with E-state index >= 15 is 0 Å². The summed E-state index contributed by atoms with van der Waals surface area (Å²) in [7, 11) is 1.86. The highest BCUT2D eigenvalue weighted by Crippen LogP contribution is 2.27. The quantitative estimate of drug-likeness (QED) is 0.915. The Hall–Kier alpha value is -2.24. The Morgan fingerprint density at radius 3 is 2.95 bits per heavy atom. The number of nitrogens with zero attached hydrogens (tertiary/aromatic N) is 5. The standard InChI is InChI=1S/C14H18N6/c1-15-13-8-17-7-12(19-13)11-3-2-6-20(10-11)14-9-16-4-5-18-14/h4-5,7-9,11H,2-3,6,10H2,1H3,(H,15,19). The fraction of sp³-hybridized carbons (Fsp3) is 0.429. The molecule has 0 amide bonds. The molecule has 2 aromatic rings. The van der Waals surface area contributed by atoms with Gasteiger partial charge in [0.15, 0.2) is 0 Å². The summed E-state index contributed by atoms with van der Waals surface area (Å²) in [5.74, 6) is 2.15. The minimum atomic E-state index is 0.395. The highest BCUT2D eigenvalue weighted by atomic mass is 15.2. The van der Waals surface area contributed by atoms with Gasteiger partial charge in [-0.2, -0.15) is 0 Å². The molecule has 1 unspecified atom stereocenters. The van der Waals surface area contributed by atoms with Gasteiger partial charge in [-0.05, 0) is 12.8 Å². The molecule has 6 nitrogen and oxygen atoms in total. The molecule has 0 spiro atoms. The van der Waals surface area contributed by atoms with Crippen LogP contribution in [0.15, 0.2) is 31.0 Å². The maximum absolute atomic E-state index is 4.61. The summed E-state index contributed by atoms with van der Waals surface area (Å²) in [6.45, 7) is 1.94. The van der Waals surface area contributed by atoms with E-state index in [0.717, 1.165) is 43.3 Å². The maximum atomic E-state index is 4.61. The zero-order chi connectivity index (χ0) is 13.8. The predicted molar refractivity (Wildman–Crippen MR) is 77.8 cm³/mol. The SMILES string of the molecule is CNc1cncc(C2CCCN(c3cnccn3)C2)n1. The predicted octanol–water partition coefficient (Wildman–Crippen LogP) is 1.69. The molecule has 6 heteroatoms. The Balaban J connectivity index is 1.78. The molecule has 20 heavy (non-hydrogen) atoms. The van der Waals surface area contributed by atoms with Gasteiger partial charge in [-0.25, -0.2) is 9.97 Å². The van der Waals surface area contributed by atoms with Gasteiger partial charge in [-0.1, -0.05) is 0 Å². The van der Waals surface area contributed by atoms with Gasteiger partial charge in [-0.3, -0.25) is 9.97 Å². The topological polar surface area (TPSA) is 66.8 Å². The first-order valence-corrected chi connectivity index (χ1v) is 6.87. The summed E-state index contributed by atoms with van der Waals surface area (Å²) < 4.78 is 0. The second-order valence-electron chi connectivity index (χ2n) is 4.93. The molecule has 1 aliphatic rings. The fourth-order valence-electron chi connectivity index (χ4n) is 2.58. The van der Waals surface area contributed by atoms with Crippen molar-refractivity contribution >= 4 is 11.6 Å². The van der Waals surface area contributed by atoms with Crippen LogP contribution in [-0.4, -0.2) is 40.1 Å². The van der Waals surface area contributed by atoms with Crippen molar-refractivity contribution < 1.29 is 0 Å². The molecule has 3 heterocycles. The Bertz CT molecular complexity index is 559. The van der Waals surface area contributed by atoms with Gasteiger partial charge in [0, 0.05) is 44.6 Å². The number of hydrogen-bond acceptors (Lipinski definition) is 6. The smallest absolute Gasteiger partial charge is 0.147 e. The van der Waals surface area contributed by atoms with Crippen LogP contribution in [0.1, 0.15) is 24.5 Å². The molecule has 1 atom stereocenters. The lowest BCUT2D eigenvalue weighted by molar-refractivity contribution is 0.497. The lowest BCUT2D eigenvalue weighted by Crippen LogP contribution is -2.35. The normalized spacial score (nSPS) is 18.9. The van der Waals surface area contributed by atoms with E-state index in [1.165, 1.54) is 0 Å². The number of rotatable bonds is 3. The Kier molecular flexibility index (Phi) is 3.71. The van der Waals surface area contributed by atoms with Crippen LogP contribution in [0.5, 0.6) is 0 Å². The molecule has 0 aromatic carbocycles. The van der Waals surface area contributed by atoms with Crippen LogP contribution < -0.4 is 10.2 Å². The van der Waals surface area contributed by atoms with Gasteiger partial charge in [0.05, 0.1) is 18.1 Å². The minimum Gasteiger partial charge on any atom is -0.372 e. The van der Waals surface area contributed by atoms with Gasteiger partial charge in [0.25, 0.3) is 0 Å². The van der Waals surface area contributed by atoms with Crippen LogP contribution in [0.2, 0.25) is 0 Å². The average Bonchev–Trinajstić information content (AvgIpc) is 2.56. The number of aromatic nitrogens is 4. The van der Waals surface area contributed by atoms with Gasteiger partial charge in [0.1, 0.15) is 11.6 Å². The molecular weight excluding hydrogens is 252 g/mol. The van der Waals surface area contributed by atoms with E-state index in [4.69, 9.17) is 0 Å². The zero-order valence-electron chi connectivity index (χ0n) is 11.5. The van der Waals surface area contributed by atoms with Crippen LogP contribution in [0, 0.1) is 0 Å². The third-order valence-electron chi connectivity index (χ3n) is 3.62. The highest BCUT2D eigenvalue weighted by Gasteiger charge is 2.23. The molecule has 2 aromatic heterocycles. The molecule has 1 fully saturated rings. The molecule has 104 valence electrons. The van der Waals surface area contributed by atoms with Crippen molar-refractivity contribution in [1.82, 2.24) is 19.9 Å². The first-order valence-electron chi connectivity index (χ1n) is 6.87. The van der Waals surface area contributed by atoms with Crippen LogP contribution in [0.4, 0.5) is 11.6 Å². The van der Waals surface area contributed by atoms with Crippen molar-refractivity contribution in [2.24, 2.45) is 0 Å². The Morgan fingerprint density at radius 2 is 2.15 bits per heavy atom. The summed E-state index contributed by atoms with van der Waals surface area (Å²) in [4.78, 5) is 19.7. The molecular formula is C14H18N6. The summed E-state index contributed by atoms with van der Waals surface area (Å²) >= 11 is 0. The van der Waals surface area contributed by atoms with E-state index in [0.29, 0.717) is 5.92 Å². The van der Waals surface area contributed by atoms with E-state index in [9.17, 15) is 0 Å². The Morgan fingerprint density at radius 1 is 1.20 bits per heavy atom. The van der Waals surface area contributed by atoms with Crippen molar-refractivity contribution in [3.05, 3.63) is 36.7 Å². The van der Waals surface area contributed by atoms with Crippen LogP contribution in [0.3, 0.4) is 0 Å². The maximum Gasteiger partial charge on any atom is 0.147 e. The lowest BCUT2D eigenvalue weighted by atomic mass is 9.95. The molecule has 0 saturated carbocycles. The van der Waals surface area contributed by atoms with Crippen LogP contribution >= 0.6 is 0 Å². The molecule has 0 aliphatic carbocycles. The first-order chi connectivity index (χ1) is 9.86. The van der Waals surface area contributed by atoms with Crippen molar-refractivity contribution in [3.63, 3.8) is 0 Å². The highest BCUT2D eigenvalue weighted by molar-refractivity contribution is 5.37. The van der Waals surface area contributed by atoms with Gasteiger partial charge >= 0.3 is 0 Å². The van der Waals surface area contributed by atoms with E-state index in [1.807, 2.05) is 19.4 Å². The molecule has 0 radical (unpaired) electrons. The molecule has 1 aliphatic heterocycles. The summed E-state index contributed by atoms with van der Waals surface area (Å²) in [6.07, 6.45) is 11.1. The van der Waals surface area contributed by atoms with Gasteiger partial charge < -0.3 is 10.2 Å². The second-order valence-corrected chi connectivity index (χ2v) is 4.93. The van der Waals surface area contributed by atoms with Crippen molar-refractivity contribution in [3.8, 4) is 0 Å². The number of hydrogen-bond donors (Lipinski definition) is 1. The second kappa shape index (κ2) is 5.81. The minimum absolute atomic E-state index is 0.395. The van der Waals surface area contributed by atoms with E-state index in [2.05, 4.69) is 30.2 Å². The molecule has 3 rings (SSSR count). The lowest BCUT2D eigenvalue weighted by Gasteiger charge is -2.33. The van der Waals surface area contributed by atoms with Gasteiger partial charge in [0.2, 0.25) is 0 Å². The molecule has 1 saturated heterocycles. The number of piperidine rings is 1. The third-order valence-corrected chi connectivity index (χ3v) is 3.62.